The number of aryl methyl sites for hydroxylation is 1. The van der Waals surface area contributed by atoms with Crippen molar-refractivity contribution < 1.29 is 32.2 Å². The monoisotopic (exact) mass is 404 g/mol. The molecule has 10 heteroatoms. The standard InChI is InChI=1S/C18H16N2O7S/c1-9-3-14-13(19-18(22)7-25-14)6-17(9)28(23,24)20-12-5-16-15(26-8-27-16)4-11(12)10(2)21/h3-6,20H,7-8H2,1-2H3,(H,19,22). The Hall–Kier alpha value is -3.27. The Kier molecular flexibility index (Phi) is 4.15. The van der Waals surface area contributed by atoms with E-state index in [0.717, 1.165) is 0 Å². The predicted octanol–water partition coefficient (Wildman–Crippen LogP) is 2.06. The molecule has 0 saturated heterocycles. The number of Topliss-reactive ketones (excluding diaryl/α,β-unsaturated/α-hetero) is 1. The van der Waals surface area contributed by atoms with Crippen molar-refractivity contribution >= 4 is 33.1 Å². The zero-order valence-electron chi connectivity index (χ0n) is 15.0. The zero-order valence-corrected chi connectivity index (χ0v) is 15.8. The van der Waals surface area contributed by atoms with Crippen LogP contribution in [0.1, 0.15) is 22.8 Å². The molecule has 146 valence electrons. The van der Waals surface area contributed by atoms with Crippen LogP contribution in [0.25, 0.3) is 0 Å². The molecule has 2 aliphatic heterocycles. The predicted molar refractivity (Wildman–Crippen MR) is 98.7 cm³/mol. The highest BCUT2D eigenvalue weighted by atomic mass is 32.2. The van der Waals surface area contributed by atoms with Crippen LogP contribution in [0.2, 0.25) is 0 Å². The SMILES string of the molecule is CC(=O)c1cc2c(cc1NS(=O)(=O)c1cc3c(cc1C)OCC(=O)N3)OCO2. The molecular weight excluding hydrogens is 388 g/mol. The minimum absolute atomic E-state index is 0.00743. The zero-order chi connectivity index (χ0) is 20.1. The molecule has 28 heavy (non-hydrogen) atoms. The molecule has 2 aromatic carbocycles. The number of hydrogen-bond acceptors (Lipinski definition) is 7. The van der Waals surface area contributed by atoms with Crippen LogP contribution in [-0.4, -0.2) is 33.5 Å². The second-order valence-corrected chi connectivity index (χ2v) is 8.01. The van der Waals surface area contributed by atoms with Gasteiger partial charge in [-0.3, -0.25) is 14.3 Å². The first kappa shape index (κ1) is 18.1. The lowest BCUT2D eigenvalue weighted by Crippen LogP contribution is -2.26. The van der Waals surface area contributed by atoms with Gasteiger partial charge in [-0.05, 0) is 37.6 Å². The first-order valence-electron chi connectivity index (χ1n) is 8.29. The molecule has 0 radical (unpaired) electrons. The first-order chi connectivity index (χ1) is 13.2. The highest BCUT2D eigenvalue weighted by molar-refractivity contribution is 7.92. The minimum Gasteiger partial charge on any atom is -0.482 e. The van der Waals surface area contributed by atoms with Crippen molar-refractivity contribution in [3.8, 4) is 17.2 Å². The number of ether oxygens (including phenoxy) is 3. The van der Waals surface area contributed by atoms with Crippen molar-refractivity contribution in [3.63, 3.8) is 0 Å². The van der Waals surface area contributed by atoms with E-state index in [9.17, 15) is 18.0 Å². The fourth-order valence-electron chi connectivity index (χ4n) is 3.02. The number of carbonyl (C=O) groups excluding carboxylic acids is 2. The van der Waals surface area contributed by atoms with Crippen LogP contribution < -0.4 is 24.2 Å². The Labute approximate surface area is 160 Å². The molecule has 4 rings (SSSR count). The molecule has 1 amide bonds. The molecule has 0 fully saturated rings. The lowest BCUT2D eigenvalue weighted by atomic mass is 10.1. The number of rotatable bonds is 4. The van der Waals surface area contributed by atoms with Crippen molar-refractivity contribution in [2.24, 2.45) is 0 Å². The molecular formula is C18H16N2O7S. The normalized spacial score (nSPS) is 14.7. The van der Waals surface area contributed by atoms with Crippen LogP contribution in [0.5, 0.6) is 17.2 Å². The van der Waals surface area contributed by atoms with E-state index in [4.69, 9.17) is 14.2 Å². The largest absolute Gasteiger partial charge is 0.482 e. The van der Waals surface area contributed by atoms with Gasteiger partial charge in [0.2, 0.25) is 6.79 Å². The summed E-state index contributed by atoms with van der Waals surface area (Å²) >= 11 is 0. The van der Waals surface area contributed by atoms with E-state index in [1.165, 1.54) is 31.2 Å². The maximum absolute atomic E-state index is 13.0. The average molecular weight is 404 g/mol. The number of fused-ring (bicyclic) bond motifs is 2. The van der Waals surface area contributed by atoms with Gasteiger partial charge in [0, 0.05) is 11.6 Å². The first-order valence-corrected chi connectivity index (χ1v) is 9.77. The average Bonchev–Trinajstić information content (AvgIpc) is 3.07. The maximum Gasteiger partial charge on any atom is 0.262 e. The number of nitrogens with one attached hydrogen (secondary N) is 2. The highest BCUT2D eigenvalue weighted by Crippen LogP contribution is 2.39. The molecule has 0 bridgehead atoms. The molecule has 2 heterocycles. The number of sulfonamides is 1. The van der Waals surface area contributed by atoms with Crippen LogP contribution in [-0.2, 0) is 14.8 Å². The van der Waals surface area contributed by atoms with Crippen LogP contribution in [0.4, 0.5) is 11.4 Å². The molecule has 9 nitrogen and oxygen atoms in total. The fraction of sp³-hybridized carbons (Fsp3) is 0.222. The Bertz CT molecular complexity index is 1130. The summed E-state index contributed by atoms with van der Waals surface area (Å²) in [7, 11) is -4.07. The minimum atomic E-state index is -4.07. The van der Waals surface area contributed by atoms with Crippen molar-refractivity contribution in [2.75, 3.05) is 23.4 Å². The molecule has 2 aliphatic rings. The number of amides is 1. The molecule has 0 aromatic heterocycles. The number of carbonyl (C=O) groups is 2. The maximum atomic E-state index is 13.0. The smallest absolute Gasteiger partial charge is 0.262 e. The van der Waals surface area contributed by atoms with Crippen LogP contribution >= 0.6 is 0 Å². The van der Waals surface area contributed by atoms with E-state index < -0.39 is 10.0 Å². The van der Waals surface area contributed by atoms with Gasteiger partial charge in [0.1, 0.15) is 5.75 Å². The summed E-state index contributed by atoms with van der Waals surface area (Å²) in [6.45, 7) is 2.80. The second kappa shape index (κ2) is 6.41. The Balaban J connectivity index is 1.76. The lowest BCUT2D eigenvalue weighted by molar-refractivity contribution is -0.118. The van der Waals surface area contributed by atoms with Crippen LogP contribution in [0.3, 0.4) is 0 Å². The molecule has 0 unspecified atom stereocenters. The second-order valence-electron chi connectivity index (χ2n) is 6.36. The van der Waals surface area contributed by atoms with E-state index in [2.05, 4.69) is 10.0 Å². The topological polar surface area (TPSA) is 120 Å². The summed E-state index contributed by atoms with van der Waals surface area (Å²) < 4.78 is 44.3. The molecule has 0 spiro atoms. The van der Waals surface area contributed by atoms with Crippen molar-refractivity contribution in [1.29, 1.82) is 0 Å². The van der Waals surface area contributed by atoms with E-state index >= 15 is 0 Å². The van der Waals surface area contributed by atoms with Gasteiger partial charge in [0.25, 0.3) is 15.9 Å². The van der Waals surface area contributed by atoms with Gasteiger partial charge in [0.15, 0.2) is 23.9 Å². The van der Waals surface area contributed by atoms with Crippen molar-refractivity contribution in [2.45, 2.75) is 18.7 Å². The van der Waals surface area contributed by atoms with Crippen molar-refractivity contribution in [1.82, 2.24) is 0 Å². The number of anilines is 2. The summed E-state index contributed by atoms with van der Waals surface area (Å²) in [6.07, 6.45) is 0. The van der Waals surface area contributed by atoms with Gasteiger partial charge in [0.05, 0.1) is 16.3 Å². The van der Waals surface area contributed by atoms with E-state index in [0.29, 0.717) is 22.8 Å². The summed E-state index contributed by atoms with van der Waals surface area (Å²) in [5.74, 6) is 0.396. The van der Waals surface area contributed by atoms with Gasteiger partial charge in [-0.15, -0.1) is 0 Å². The van der Waals surface area contributed by atoms with E-state index in [1.807, 2.05) is 0 Å². The molecule has 2 aromatic rings. The lowest BCUT2D eigenvalue weighted by Gasteiger charge is -2.20. The number of ketones is 1. The van der Waals surface area contributed by atoms with Crippen LogP contribution in [0.15, 0.2) is 29.2 Å². The summed E-state index contributed by atoms with van der Waals surface area (Å²) in [5, 5.41) is 2.58. The Morgan fingerprint density at radius 1 is 1.07 bits per heavy atom. The quantitative estimate of drug-likeness (QED) is 0.749. The van der Waals surface area contributed by atoms with Crippen LogP contribution in [0, 0.1) is 6.92 Å². The molecule has 0 atom stereocenters. The molecule has 0 aliphatic carbocycles. The Morgan fingerprint density at radius 2 is 1.79 bits per heavy atom. The number of benzene rings is 2. The van der Waals surface area contributed by atoms with E-state index in [1.54, 1.807) is 6.92 Å². The van der Waals surface area contributed by atoms with Gasteiger partial charge < -0.3 is 19.5 Å². The third-order valence-corrected chi connectivity index (χ3v) is 5.84. The van der Waals surface area contributed by atoms with Crippen molar-refractivity contribution in [3.05, 3.63) is 35.4 Å². The van der Waals surface area contributed by atoms with Gasteiger partial charge in [-0.1, -0.05) is 0 Å². The molecule has 0 saturated carbocycles. The highest BCUT2D eigenvalue weighted by Gasteiger charge is 2.26. The van der Waals surface area contributed by atoms with E-state index in [-0.39, 0.29) is 46.9 Å². The van der Waals surface area contributed by atoms with Gasteiger partial charge in [-0.2, -0.15) is 0 Å². The Morgan fingerprint density at radius 3 is 2.50 bits per heavy atom. The van der Waals surface area contributed by atoms with Gasteiger partial charge >= 0.3 is 0 Å². The van der Waals surface area contributed by atoms with Gasteiger partial charge in [-0.25, -0.2) is 8.42 Å². The fourth-order valence-corrected chi connectivity index (χ4v) is 4.34. The third-order valence-electron chi connectivity index (χ3n) is 4.34. The molecule has 2 N–H and O–H groups in total. The number of hydrogen-bond donors (Lipinski definition) is 2. The summed E-state index contributed by atoms with van der Waals surface area (Å²) in [5.41, 5.74) is 0.918. The summed E-state index contributed by atoms with van der Waals surface area (Å²) in [6, 6.07) is 5.71. The summed E-state index contributed by atoms with van der Waals surface area (Å²) in [4.78, 5) is 23.5. The third kappa shape index (κ3) is 3.11.